The maximum absolute atomic E-state index is 11.7. The Kier molecular flexibility index (Phi) is 4.85. The molecular weight excluding hydrogens is 258 g/mol. The highest BCUT2D eigenvalue weighted by Crippen LogP contribution is 2.09. The minimum absolute atomic E-state index is 0.241. The molecule has 0 heterocycles. The van der Waals surface area contributed by atoms with Gasteiger partial charge in [0.1, 0.15) is 11.8 Å². The lowest BCUT2D eigenvalue weighted by atomic mass is 10.1. The number of ketones is 1. The summed E-state index contributed by atoms with van der Waals surface area (Å²) in [6.07, 6.45) is -0.241. The maximum Gasteiger partial charge on any atom is 0.326 e. The number of rotatable bonds is 5. The Balaban J connectivity index is 2.75. The first-order valence-corrected chi connectivity index (χ1v) is 5.56. The molecule has 0 aliphatic carbocycles. The van der Waals surface area contributed by atoms with Crippen LogP contribution in [0.15, 0.2) is 24.3 Å². The highest BCUT2D eigenvalue weighted by atomic mass is 35.5. The van der Waals surface area contributed by atoms with Crippen molar-refractivity contribution in [3.8, 4) is 0 Å². The van der Waals surface area contributed by atoms with Gasteiger partial charge in [-0.1, -0.05) is 11.6 Å². The van der Waals surface area contributed by atoms with Crippen molar-refractivity contribution in [3.05, 3.63) is 34.9 Å². The molecule has 2 N–H and O–H groups in total. The summed E-state index contributed by atoms with van der Waals surface area (Å²) in [5.74, 6) is -2.10. The molecule has 0 aliphatic heterocycles. The summed E-state index contributed by atoms with van der Waals surface area (Å²) in [5, 5.41) is 11.6. The molecule has 0 aromatic heterocycles. The fraction of sp³-hybridized carbons (Fsp3) is 0.250. The minimum atomic E-state index is -1.24. The third-order valence-electron chi connectivity index (χ3n) is 2.20. The molecule has 0 saturated carbocycles. The molecule has 6 heteroatoms. The Morgan fingerprint density at radius 1 is 1.28 bits per heavy atom. The molecule has 1 aromatic rings. The van der Waals surface area contributed by atoms with Crippen molar-refractivity contribution in [2.75, 3.05) is 0 Å². The second kappa shape index (κ2) is 6.16. The Hall–Kier alpha value is -1.88. The number of carbonyl (C=O) groups is 3. The number of nitrogens with one attached hydrogen (secondary N) is 1. The Labute approximate surface area is 109 Å². The summed E-state index contributed by atoms with van der Waals surface area (Å²) in [6, 6.07) is 4.79. The van der Waals surface area contributed by atoms with Crippen molar-refractivity contribution in [2.24, 2.45) is 0 Å². The van der Waals surface area contributed by atoms with E-state index in [1.807, 2.05) is 0 Å². The first-order valence-electron chi connectivity index (χ1n) is 5.19. The van der Waals surface area contributed by atoms with Gasteiger partial charge in [0.2, 0.25) is 0 Å². The fourth-order valence-corrected chi connectivity index (χ4v) is 1.46. The van der Waals surface area contributed by atoms with E-state index in [0.29, 0.717) is 5.02 Å². The second-order valence-electron chi connectivity index (χ2n) is 3.78. The molecule has 18 heavy (non-hydrogen) atoms. The molecule has 1 rings (SSSR count). The minimum Gasteiger partial charge on any atom is -0.480 e. The van der Waals surface area contributed by atoms with Crippen molar-refractivity contribution in [1.82, 2.24) is 5.32 Å². The number of hydrogen-bond acceptors (Lipinski definition) is 3. The summed E-state index contributed by atoms with van der Waals surface area (Å²) < 4.78 is 0. The van der Waals surface area contributed by atoms with E-state index in [1.165, 1.54) is 31.2 Å². The normalized spacial score (nSPS) is 11.7. The number of Topliss-reactive ketones (excluding diaryl/α,β-unsaturated/α-hetero) is 1. The third kappa shape index (κ3) is 4.18. The standard InChI is InChI=1S/C12H12ClNO4/c1-7(15)6-10(12(17)18)14-11(16)8-2-4-9(13)5-3-8/h2-5,10H,6H2,1H3,(H,14,16)(H,17,18). The number of halogens is 1. The van der Waals surface area contributed by atoms with Gasteiger partial charge in [-0.15, -0.1) is 0 Å². The van der Waals surface area contributed by atoms with Gasteiger partial charge in [-0.2, -0.15) is 0 Å². The van der Waals surface area contributed by atoms with Crippen molar-refractivity contribution in [3.63, 3.8) is 0 Å². The molecule has 1 aromatic carbocycles. The van der Waals surface area contributed by atoms with Crippen molar-refractivity contribution >= 4 is 29.3 Å². The number of carboxylic acid groups (broad SMARTS) is 1. The molecule has 0 aliphatic rings. The predicted molar refractivity (Wildman–Crippen MR) is 65.6 cm³/mol. The smallest absolute Gasteiger partial charge is 0.326 e. The number of aliphatic carboxylic acids is 1. The fourth-order valence-electron chi connectivity index (χ4n) is 1.33. The molecule has 0 saturated heterocycles. The predicted octanol–water partition coefficient (Wildman–Crippen LogP) is 1.50. The zero-order valence-electron chi connectivity index (χ0n) is 9.64. The van der Waals surface area contributed by atoms with Crippen molar-refractivity contribution < 1.29 is 19.5 Å². The molecular formula is C12H12ClNO4. The van der Waals surface area contributed by atoms with Gasteiger partial charge in [-0.25, -0.2) is 4.79 Å². The van der Waals surface area contributed by atoms with Crippen LogP contribution in [-0.2, 0) is 9.59 Å². The van der Waals surface area contributed by atoms with Crippen LogP contribution in [0.2, 0.25) is 5.02 Å². The summed E-state index contributed by atoms with van der Waals surface area (Å²) in [6.45, 7) is 1.27. The highest BCUT2D eigenvalue weighted by molar-refractivity contribution is 6.30. The largest absolute Gasteiger partial charge is 0.480 e. The van der Waals surface area contributed by atoms with Crippen molar-refractivity contribution in [2.45, 2.75) is 19.4 Å². The summed E-state index contributed by atoms with van der Waals surface area (Å²) in [4.78, 5) is 33.5. The van der Waals surface area contributed by atoms with Crippen LogP contribution in [0.1, 0.15) is 23.7 Å². The lowest BCUT2D eigenvalue weighted by Crippen LogP contribution is -2.41. The maximum atomic E-state index is 11.7. The van der Waals surface area contributed by atoms with Crippen LogP contribution in [0.25, 0.3) is 0 Å². The monoisotopic (exact) mass is 269 g/mol. The molecule has 1 atom stereocenters. The SMILES string of the molecule is CC(=O)CC(NC(=O)c1ccc(Cl)cc1)C(=O)O. The molecule has 1 amide bonds. The van der Waals surface area contributed by atoms with Crippen LogP contribution in [0.4, 0.5) is 0 Å². The zero-order valence-corrected chi connectivity index (χ0v) is 10.4. The van der Waals surface area contributed by atoms with E-state index in [4.69, 9.17) is 16.7 Å². The van der Waals surface area contributed by atoms with E-state index in [9.17, 15) is 14.4 Å². The quantitative estimate of drug-likeness (QED) is 0.848. The van der Waals surface area contributed by atoms with Gasteiger partial charge < -0.3 is 10.4 Å². The molecule has 96 valence electrons. The van der Waals surface area contributed by atoms with Crippen LogP contribution < -0.4 is 5.32 Å². The molecule has 0 bridgehead atoms. The number of hydrogen-bond donors (Lipinski definition) is 2. The van der Waals surface area contributed by atoms with Gasteiger partial charge in [0.15, 0.2) is 0 Å². The van der Waals surface area contributed by atoms with Gasteiger partial charge in [-0.3, -0.25) is 9.59 Å². The molecule has 0 spiro atoms. The Morgan fingerprint density at radius 2 is 1.83 bits per heavy atom. The van der Waals surface area contributed by atoms with Gasteiger partial charge >= 0.3 is 5.97 Å². The van der Waals surface area contributed by atoms with E-state index >= 15 is 0 Å². The first kappa shape index (κ1) is 14.2. The van der Waals surface area contributed by atoms with Crippen LogP contribution >= 0.6 is 11.6 Å². The van der Waals surface area contributed by atoms with Crippen LogP contribution in [0.5, 0.6) is 0 Å². The van der Waals surface area contributed by atoms with E-state index in [1.54, 1.807) is 0 Å². The van der Waals surface area contributed by atoms with E-state index < -0.39 is 17.9 Å². The van der Waals surface area contributed by atoms with Gasteiger partial charge in [0, 0.05) is 17.0 Å². The number of carbonyl (C=O) groups excluding carboxylic acids is 2. The van der Waals surface area contributed by atoms with Crippen LogP contribution in [0, 0.1) is 0 Å². The Bertz CT molecular complexity index is 469. The topological polar surface area (TPSA) is 83.5 Å². The lowest BCUT2D eigenvalue weighted by Gasteiger charge is -2.12. The average Bonchev–Trinajstić information content (AvgIpc) is 2.28. The van der Waals surface area contributed by atoms with Gasteiger partial charge in [0.05, 0.1) is 0 Å². The average molecular weight is 270 g/mol. The first-order chi connectivity index (χ1) is 8.40. The van der Waals surface area contributed by atoms with Crippen molar-refractivity contribution in [1.29, 1.82) is 0 Å². The van der Waals surface area contributed by atoms with Gasteiger partial charge in [-0.05, 0) is 31.2 Å². The molecule has 0 radical (unpaired) electrons. The summed E-state index contributed by atoms with van der Waals surface area (Å²) >= 11 is 5.67. The molecule has 5 nitrogen and oxygen atoms in total. The lowest BCUT2D eigenvalue weighted by molar-refractivity contribution is -0.140. The highest BCUT2D eigenvalue weighted by Gasteiger charge is 2.22. The van der Waals surface area contributed by atoms with Crippen LogP contribution in [0.3, 0.4) is 0 Å². The number of benzene rings is 1. The third-order valence-corrected chi connectivity index (χ3v) is 2.45. The molecule has 1 unspecified atom stereocenters. The van der Waals surface area contributed by atoms with E-state index in [2.05, 4.69) is 5.32 Å². The van der Waals surface area contributed by atoms with Gasteiger partial charge in [0.25, 0.3) is 5.91 Å². The molecule has 0 fully saturated rings. The number of amides is 1. The summed E-state index contributed by atoms with van der Waals surface area (Å²) in [5.41, 5.74) is 0.286. The second-order valence-corrected chi connectivity index (χ2v) is 4.21. The Morgan fingerprint density at radius 3 is 2.28 bits per heavy atom. The summed E-state index contributed by atoms with van der Waals surface area (Å²) in [7, 11) is 0. The van der Waals surface area contributed by atoms with E-state index in [-0.39, 0.29) is 17.8 Å². The van der Waals surface area contributed by atoms with E-state index in [0.717, 1.165) is 0 Å². The zero-order chi connectivity index (χ0) is 13.7. The van der Waals surface area contributed by atoms with Crippen LogP contribution in [-0.4, -0.2) is 28.8 Å². The number of carboxylic acids is 1.